The molecule has 0 saturated carbocycles. The van der Waals surface area contributed by atoms with Gasteiger partial charge >= 0.3 is 0 Å². The molecule has 1 amide bonds. The lowest BCUT2D eigenvalue weighted by Gasteiger charge is -2.37. The van der Waals surface area contributed by atoms with Gasteiger partial charge in [-0.15, -0.1) is 11.8 Å². The molecule has 9 heteroatoms. The number of carbonyl (C=O) groups is 1. The molecule has 0 spiro atoms. The Labute approximate surface area is 172 Å². The Kier molecular flexibility index (Phi) is 5.69. The van der Waals surface area contributed by atoms with E-state index in [-0.39, 0.29) is 12.3 Å². The summed E-state index contributed by atoms with van der Waals surface area (Å²) in [6, 6.07) is 2.82. The third-order valence-electron chi connectivity index (χ3n) is 5.47. The van der Waals surface area contributed by atoms with E-state index in [1.807, 2.05) is 11.8 Å². The number of amides is 1. The average Bonchev–Trinajstić information content (AvgIpc) is 3.11. The molecule has 1 aromatic carbocycles. The predicted octanol–water partition coefficient (Wildman–Crippen LogP) is 2.28. The minimum atomic E-state index is -0.930. The Morgan fingerprint density at radius 3 is 2.72 bits per heavy atom. The summed E-state index contributed by atoms with van der Waals surface area (Å²) in [5, 5.41) is 0.366. The van der Waals surface area contributed by atoms with Crippen molar-refractivity contribution in [3.8, 4) is 0 Å². The molecule has 0 radical (unpaired) electrons. The monoisotopic (exact) mass is 419 g/mol. The van der Waals surface area contributed by atoms with E-state index in [0.29, 0.717) is 37.0 Å². The van der Waals surface area contributed by atoms with Crippen molar-refractivity contribution in [1.29, 1.82) is 0 Å². The van der Waals surface area contributed by atoms with Gasteiger partial charge in [0.05, 0.1) is 11.7 Å². The highest BCUT2D eigenvalue weighted by molar-refractivity contribution is 7.99. The van der Waals surface area contributed by atoms with Crippen LogP contribution in [0.5, 0.6) is 0 Å². The molecule has 2 aromatic rings. The minimum absolute atomic E-state index is 0.171. The maximum Gasteiger partial charge on any atom is 0.239 e. The summed E-state index contributed by atoms with van der Waals surface area (Å²) >= 11 is 1.86. The van der Waals surface area contributed by atoms with Gasteiger partial charge in [-0.3, -0.25) is 4.79 Å². The second-order valence-corrected chi connectivity index (χ2v) is 8.71. The van der Waals surface area contributed by atoms with E-state index >= 15 is 0 Å². The maximum absolute atomic E-state index is 13.4. The van der Waals surface area contributed by atoms with Crippen LogP contribution >= 0.6 is 11.8 Å². The molecule has 1 unspecified atom stereocenters. The summed E-state index contributed by atoms with van der Waals surface area (Å²) in [5.41, 5.74) is 8.87. The summed E-state index contributed by atoms with van der Waals surface area (Å²) in [7, 11) is 0. The SMILES string of the molecule is CC1SCc2ncnc(N3CCN(C(=O)[C@H](N)Cc4ccc(F)c(F)c4)CC3)c21. The molecule has 6 nitrogen and oxygen atoms in total. The number of thioether (sulfide) groups is 1. The van der Waals surface area contributed by atoms with E-state index in [1.54, 1.807) is 11.2 Å². The molecule has 2 aliphatic heterocycles. The van der Waals surface area contributed by atoms with Crippen LogP contribution in [0.1, 0.15) is 29.0 Å². The number of hydrogen-bond donors (Lipinski definition) is 1. The van der Waals surface area contributed by atoms with Crippen LogP contribution in [0, 0.1) is 11.6 Å². The fourth-order valence-electron chi connectivity index (χ4n) is 3.87. The first-order chi connectivity index (χ1) is 13.9. The van der Waals surface area contributed by atoms with Crippen LogP contribution in [0.3, 0.4) is 0 Å². The molecule has 4 rings (SSSR count). The zero-order valence-corrected chi connectivity index (χ0v) is 17.0. The lowest BCUT2D eigenvalue weighted by atomic mass is 10.0. The number of aromatic nitrogens is 2. The Morgan fingerprint density at radius 1 is 1.24 bits per heavy atom. The summed E-state index contributed by atoms with van der Waals surface area (Å²) < 4.78 is 26.5. The first-order valence-corrected chi connectivity index (χ1v) is 10.7. The summed E-state index contributed by atoms with van der Waals surface area (Å²) in [4.78, 5) is 25.6. The van der Waals surface area contributed by atoms with Crippen molar-refractivity contribution in [3.05, 3.63) is 53.0 Å². The number of carbonyl (C=O) groups excluding carboxylic acids is 1. The molecule has 1 fully saturated rings. The van der Waals surface area contributed by atoms with Crippen molar-refractivity contribution in [1.82, 2.24) is 14.9 Å². The first kappa shape index (κ1) is 20.0. The summed E-state index contributed by atoms with van der Waals surface area (Å²) in [6.45, 7) is 4.60. The van der Waals surface area contributed by atoms with Crippen LogP contribution in [0.15, 0.2) is 24.5 Å². The smallest absolute Gasteiger partial charge is 0.239 e. The molecule has 154 valence electrons. The number of halogens is 2. The third-order valence-corrected chi connectivity index (χ3v) is 6.65. The Morgan fingerprint density at radius 2 is 2.00 bits per heavy atom. The van der Waals surface area contributed by atoms with Crippen LogP contribution in [-0.4, -0.2) is 53.0 Å². The van der Waals surface area contributed by atoms with Gasteiger partial charge in [0, 0.05) is 42.7 Å². The number of piperazine rings is 1. The van der Waals surface area contributed by atoms with Crippen LogP contribution in [0.4, 0.5) is 14.6 Å². The highest BCUT2D eigenvalue weighted by Gasteiger charge is 2.31. The highest BCUT2D eigenvalue weighted by Crippen LogP contribution is 2.44. The number of benzene rings is 1. The summed E-state index contributed by atoms with van der Waals surface area (Å²) in [5.74, 6) is -0.144. The lowest BCUT2D eigenvalue weighted by molar-refractivity contribution is -0.132. The van der Waals surface area contributed by atoms with E-state index < -0.39 is 17.7 Å². The number of nitrogens with two attached hydrogens (primary N) is 1. The number of rotatable bonds is 4. The van der Waals surface area contributed by atoms with Gasteiger partial charge in [-0.2, -0.15) is 0 Å². The van der Waals surface area contributed by atoms with Crippen molar-refractivity contribution < 1.29 is 13.6 Å². The topological polar surface area (TPSA) is 75.4 Å². The minimum Gasteiger partial charge on any atom is -0.353 e. The van der Waals surface area contributed by atoms with Crippen molar-refractivity contribution in [2.24, 2.45) is 5.73 Å². The molecule has 2 atom stereocenters. The second-order valence-electron chi connectivity index (χ2n) is 7.38. The molecule has 2 N–H and O–H groups in total. The number of fused-ring (bicyclic) bond motifs is 1. The van der Waals surface area contributed by atoms with E-state index in [2.05, 4.69) is 21.8 Å². The second kappa shape index (κ2) is 8.23. The Balaban J connectivity index is 1.38. The fourth-order valence-corrected chi connectivity index (χ4v) is 4.92. The van der Waals surface area contributed by atoms with Crippen molar-refractivity contribution in [2.75, 3.05) is 31.1 Å². The van der Waals surface area contributed by atoms with Crippen LogP contribution in [0.25, 0.3) is 0 Å². The van der Waals surface area contributed by atoms with E-state index in [9.17, 15) is 13.6 Å². The maximum atomic E-state index is 13.4. The van der Waals surface area contributed by atoms with E-state index in [0.717, 1.165) is 29.4 Å². The molecule has 1 aromatic heterocycles. The average molecular weight is 420 g/mol. The van der Waals surface area contributed by atoms with Gasteiger partial charge in [0.15, 0.2) is 11.6 Å². The summed E-state index contributed by atoms with van der Waals surface area (Å²) in [6.07, 6.45) is 1.78. The van der Waals surface area contributed by atoms with E-state index in [4.69, 9.17) is 5.73 Å². The van der Waals surface area contributed by atoms with E-state index in [1.165, 1.54) is 11.6 Å². The first-order valence-electron chi connectivity index (χ1n) is 9.62. The van der Waals surface area contributed by atoms with Crippen molar-refractivity contribution in [2.45, 2.75) is 30.4 Å². The predicted molar refractivity (Wildman–Crippen MR) is 109 cm³/mol. The molecule has 29 heavy (non-hydrogen) atoms. The largest absolute Gasteiger partial charge is 0.353 e. The normalized spacial score (nSPS) is 19.9. The standard InChI is InChI=1S/C20H23F2N5OS/c1-12-18-17(10-29-12)24-11-25-19(18)26-4-6-27(7-5-26)20(28)16(23)9-13-2-3-14(21)15(22)8-13/h2-3,8,11-12,16H,4-7,9-10,23H2,1H3/t12?,16-/m1/s1. The third kappa shape index (κ3) is 4.06. The highest BCUT2D eigenvalue weighted by atomic mass is 32.2. The fraction of sp³-hybridized carbons (Fsp3) is 0.450. The van der Waals surface area contributed by atoms with Crippen LogP contribution in [0.2, 0.25) is 0 Å². The molecular weight excluding hydrogens is 396 g/mol. The molecule has 3 heterocycles. The molecule has 0 aliphatic carbocycles. The lowest BCUT2D eigenvalue weighted by Crippen LogP contribution is -2.54. The van der Waals surface area contributed by atoms with Gasteiger partial charge in [0.1, 0.15) is 12.1 Å². The molecule has 1 saturated heterocycles. The van der Waals surface area contributed by atoms with Gasteiger partial charge < -0.3 is 15.5 Å². The molecular formula is C20H23F2N5OS. The quantitative estimate of drug-likeness (QED) is 0.820. The molecule has 2 aliphatic rings. The van der Waals surface area contributed by atoms with Crippen molar-refractivity contribution in [3.63, 3.8) is 0 Å². The zero-order chi connectivity index (χ0) is 20.5. The van der Waals surface area contributed by atoms with Gasteiger partial charge in [-0.25, -0.2) is 18.7 Å². The van der Waals surface area contributed by atoms with Gasteiger partial charge in [-0.05, 0) is 31.0 Å². The van der Waals surface area contributed by atoms with Gasteiger partial charge in [0.2, 0.25) is 5.91 Å². The van der Waals surface area contributed by atoms with Crippen molar-refractivity contribution >= 4 is 23.5 Å². The van der Waals surface area contributed by atoms with Crippen LogP contribution < -0.4 is 10.6 Å². The van der Waals surface area contributed by atoms with Gasteiger partial charge in [0.25, 0.3) is 0 Å². The number of hydrogen-bond acceptors (Lipinski definition) is 6. The zero-order valence-electron chi connectivity index (χ0n) is 16.1. The van der Waals surface area contributed by atoms with Gasteiger partial charge in [-0.1, -0.05) is 6.07 Å². The number of anilines is 1. The van der Waals surface area contributed by atoms with Crippen LogP contribution in [-0.2, 0) is 17.0 Å². The number of nitrogens with zero attached hydrogens (tertiary/aromatic N) is 4. The Hall–Kier alpha value is -2.26. The Bertz CT molecular complexity index is 920. The molecule has 0 bridgehead atoms.